The van der Waals surface area contributed by atoms with Crippen molar-refractivity contribution in [3.05, 3.63) is 40.1 Å². The predicted octanol–water partition coefficient (Wildman–Crippen LogP) is 0.672. The highest BCUT2D eigenvalue weighted by Crippen LogP contribution is 2.37. The fourth-order valence-corrected chi connectivity index (χ4v) is 2.99. The van der Waals surface area contributed by atoms with E-state index in [4.69, 9.17) is 12.2 Å². The zero-order valence-corrected chi connectivity index (χ0v) is 11.1. The van der Waals surface area contributed by atoms with Crippen LogP contribution in [0.1, 0.15) is 12.0 Å². The lowest BCUT2D eigenvalue weighted by molar-refractivity contribution is 0.881. The summed E-state index contributed by atoms with van der Waals surface area (Å²) in [5.41, 5.74) is 8.15. The number of H-pyrrole nitrogens is 1. The van der Waals surface area contributed by atoms with Gasteiger partial charge in [-0.15, -0.1) is 18.2 Å². The first-order valence-electron chi connectivity index (χ1n) is 5.75. The quantitative estimate of drug-likeness (QED) is 0.703. The van der Waals surface area contributed by atoms with Gasteiger partial charge in [0, 0.05) is 23.4 Å². The first-order valence-corrected chi connectivity index (χ1v) is 6.73. The highest BCUT2D eigenvalue weighted by atomic mass is 32.2. The first kappa shape index (κ1) is 13.3. The molecule has 1 aliphatic rings. The molecular weight excluding hydrogens is 260 g/mol. The molecule has 0 saturated heterocycles. The largest absolute Gasteiger partial charge is 0.405 e. The average Bonchev–Trinajstić information content (AvgIpc) is 2.84. The minimum Gasteiger partial charge on any atom is -0.405 e. The van der Waals surface area contributed by atoms with E-state index in [9.17, 15) is 4.79 Å². The number of thioether (sulfide) groups is 1. The number of hydrogen-bond acceptors (Lipinski definition) is 5. The summed E-state index contributed by atoms with van der Waals surface area (Å²) < 4.78 is 0. The smallest absolute Gasteiger partial charge is 0.278 e. The summed E-state index contributed by atoms with van der Waals surface area (Å²) in [6.45, 7) is 0.438. The van der Waals surface area contributed by atoms with Crippen LogP contribution in [0.2, 0.25) is 0 Å². The lowest BCUT2D eigenvalue weighted by Gasteiger charge is -2.11. The molecule has 2 heterocycles. The molecule has 19 heavy (non-hydrogen) atoms. The minimum atomic E-state index is -0.150. The molecule has 0 aliphatic carbocycles. The molecule has 0 radical (unpaired) electrons. The highest BCUT2D eigenvalue weighted by molar-refractivity contribution is 8.00. The van der Waals surface area contributed by atoms with E-state index in [0.717, 1.165) is 22.6 Å². The van der Waals surface area contributed by atoms with Crippen LogP contribution in [0.25, 0.3) is 5.57 Å². The van der Waals surface area contributed by atoms with Gasteiger partial charge in [0.15, 0.2) is 0 Å². The van der Waals surface area contributed by atoms with Gasteiger partial charge >= 0.3 is 0 Å². The van der Waals surface area contributed by atoms with E-state index in [1.807, 2.05) is 6.08 Å². The Morgan fingerprint density at radius 2 is 2.58 bits per heavy atom. The summed E-state index contributed by atoms with van der Waals surface area (Å²) in [5.74, 6) is 3.27. The fourth-order valence-electron chi connectivity index (χ4n) is 1.86. The summed E-state index contributed by atoms with van der Waals surface area (Å²) in [6.07, 6.45) is 10.9. The normalized spacial score (nSPS) is 16.2. The van der Waals surface area contributed by atoms with E-state index in [-0.39, 0.29) is 5.56 Å². The molecule has 6 heteroatoms. The van der Waals surface area contributed by atoms with Crippen molar-refractivity contribution in [2.75, 3.05) is 12.3 Å². The highest BCUT2D eigenvalue weighted by Gasteiger charge is 2.23. The van der Waals surface area contributed by atoms with E-state index >= 15 is 0 Å². The standard InChI is InChI=1S/C13H14N4OS/c1-2-6-15-11(4-3-5-14)10-8-19-12-9(10)7-16-17-13(12)18/h1,3,5,7,15H,4,6,8,14H2,(H,17,18)/b5-3-,11-10-. The number of hydrogen-bond donors (Lipinski definition) is 3. The van der Waals surface area contributed by atoms with Gasteiger partial charge in [-0.1, -0.05) is 12.0 Å². The van der Waals surface area contributed by atoms with E-state index < -0.39 is 0 Å². The maximum Gasteiger partial charge on any atom is 0.278 e. The molecule has 1 aromatic heterocycles. The number of fused-ring (bicyclic) bond motifs is 1. The van der Waals surface area contributed by atoms with Crippen LogP contribution in [0.3, 0.4) is 0 Å². The molecule has 1 aliphatic heterocycles. The number of allylic oxidation sites excluding steroid dienone is 1. The minimum absolute atomic E-state index is 0.150. The Kier molecular flexibility index (Phi) is 4.31. The van der Waals surface area contributed by atoms with Crippen molar-refractivity contribution in [3.63, 3.8) is 0 Å². The summed E-state index contributed by atoms with van der Waals surface area (Å²) in [6, 6.07) is 0. The number of nitrogens with one attached hydrogen (secondary N) is 2. The van der Waals surface area contributed by atoms with Crippen LogP contribution in [0.5, 0.6) is 0 Å². The third kappa shape index (κ3) is 2.83. The zero-order chi connectivity index (χ0) is 13.7. The Morgan fingerprint density at radius 3 is 3.32 bits per heavy atom. The summed E-state index contributed by atoms with van der Waals surface area (Å²) in [7, 11) is 0. The predicted molar refractivity (Wildman–Crippen MR) is 77.3 cm³/mol. The molecule has 0 bridgehead atoms. The molecule has 0 aromatic carbocycles. The van der Waals surface area contributed by atoms with Crippen LogP contribution < -0.4 is 16.6 Å². The molecule has 5 nitrogen and oxygen atoms in total. The van der Waals surface area contributed by atoms with Gasteiger partial charge in [-0.3, -0.25) is 4.79 Å². The second-order valence-electron chi connectivity index (χ2n) is 3.88. The van der Waals surface area contributed by atoms with Crippen LogP contribution in [0.4, 0.5) is 0 Å². The van der Waals surface area contributed by atoms with E-state index in [1.165, 1.54) is 18.0 Å². The van der Waals surface area contributed by atoms with Crippen molar-refractivity contribution in [2.24, 2.45) is 5.73 Å². The first-order chi connectivity index (χ1) is 9.27. The van der Waals surface area contributed by atoms with Crippen LogP contribution in [0.15, 0.2) is 33.9 Å². The fraction of sp³-hybridized carbons (Fsp3) is 0.231. The zero-order valence-electron chi connectivity index (χ0n) is 10.3. The monoisotopic (exact) mass is 274 g/mol. The number of terminal acetylenes is 1. The second kappa shape index (κ2) is 6.16. The van der Waals surface area contributed by atoms with Crippen LogP contribution >= 0.6 is 11.8 Å². The Labute approximate surface area is 115 Å². The second-order valence-corrected chi connectivity index (χ2v) is 4.86. The Balaban J connectivity index is 2.42. The topological polar surface area (TPSA) is 83.8 Å². The van der Waals surface area contributed by atoms with Crippen molar-refractivity contribution >= 4 is 17.3 Å². The lowest BCUT2D eigenvalue weighted by Crippen LogP contribution is -2.16. The third-order valence-corrected chi connectivity index (χ3v) is 3.85. The van der Waals surface area contributed by atoms with Gasteiger partial charge in [-0.2, -0.15) is 5.10 Å². The van der Waals surface area contributed by atoms with Gasteiger partial charge in [0.25, 0.3) is 5.56 Å². The van der Waals surface area contributed by atoms with Gasteiger partial charge in [0.1, 0.15) is 0 Å². The van der Waals surface area contributed by atoms with Gasteiger partial charge in [-0.25, -0.2) is 5.10 Å². The molecule has 0 fully saturated rings. The van der Waals surface area contributed by atoms with Crippen molar-refractivity contribution < 1.29 is 0 Å². The SMILES string of the molecule is C#CCN/C(C/C=C\N)=C1/CSc2c1cn[nH]c2=O. The number of rotatable bonds is 4. The maximum atomic E-state index is 11.7. The molecule has 0 spiro atoms. The summed E-state index contributed by atoms with van der Waals surface area (Å²) >= 11 is 1.51. The van der Waals surface area contributed by atoms with Crippen molar-refractivity contribution in [3.8, 4) is 12.3 Å². The van der Waals surface area contributed by atoms with Crippen molar-refractivity contribution in [1.82, 2.24) is 15.5 Å². The van der Waals surface area contributed by atoms with E-state index in [1.54, 1.807) is 6.20 Å². The molecule has 98 valence electrons. The van der Waals surface area contributed by atoms with Crippen molar-refractivity contribution in [1.29, 1.82) is 0 Å². The number of aromatic nitrogens is 2. The molecular formula is C13H14N4OS. The molecule has 2 rings (SSSR count). The number of nitrogens with zero attached hydrogens (tertiary/aromatic N) is 1. The molecule has 1 aromatic rings. The Bertz CT molecular complexity index is 624. The third-order valence-electron chi connectivity index (χ3n) is 2.72. The van der Waals surface area contributed by atoms with E-state index in [0.29, 0.717) is 17.9 Å². The van der Waals surface area contributed by atoms with Gasteiger partial charge < -0.3 is 11.1 Å². The molecule has 4 N–H and O–H groups in total. The maximum absolute atomic E-state index is 11.7. The molecule has 0 unspecified atom stereocenters. The average molecular weight is 274 g/mol. The Hall–Kier alpha value is -2.13. The molecule has 0 amide bonds. The van der Waals surface area contributed by atoms with Crippen LogP contribution in [-0.4, -0.2) is 22.5 Å². The van der Waals surface area contributed by atoms with Gasteiger partial charge in [-0.05, 0) is 11.8 Å². The van der Waals surface area contributed by atoms with Gasteiger partial charge in [0.05, 0.1) is 17.6 Å². The number of aromatic amines is 1. The van der Waals surface area contributed by atoms with Crippen LogP contribution in [-0.2, 0) is 0 Å². The van der Waals surface area contributed by atoms with Crippen molar-refractivity contribution in [2.45, 2.75) is 11.3 Å². The van der Waals surface area contributed by atoms with E-state index in [2.05, 4.69) is 21.4 Å². The van der Waals surface area contributed by atoms with Crippen LogP contribution in [0, 0.1) is 12.3 Å². The van der Waals surface area contributed by atoms with Gasteiger partial charge in [0.2, 0.25) is 0 Å². The summed E-state index contributed by atoms with van der Waals surface area (Å²) in [5, 5.41) is 9.48. The number of nitrogens with two attached hydrogens (primary N) is 1. The Morgan fingerprint density at radius 1 is 1.74 bits per heavy atom. The molecule has 0 saturated carbocycles. The molecule has 0 atom stereocenters. The summed E-state index contributed by atoms with van der Waals surface area (Å²) in [4.78, 5) is 12.4. The lowest BCUT2D eigenvalue weighted by atomic mass is 10.1.